The molecule has 1 fully saturated rings. The molecule has 0 aromatic carbocycles. The highest BCUT2D eigenvalue weighted by atomic mass is 19.1. The Balaban J connectivity index is 2.72. The van der Waals surface area contributed by atoms with Crippen molar-refractivity contribution in [3.05, 3.63) is 0 Å². The van der Waals surface area contributed by atoms with Crippen LogP contribution in [0, 0.1) is 11.3 Å². The fourth-order valence-corrected chi connectivity index (χ4v) is 1.21. The second kappa shape index (κ2) is 1.09. The summed E-state index contributed by atoms with van der Waals surface area (Å²) in [5.74, 6) is 0.245. The van der Waals surface area contributed by atoms with Gasteiger partial charge in [-0.05, 0) is 12.8 Å². The van der Waals surface area contributed by atoms with Crippen molar-refractivity contribution >= 4 is 0 Å². The fraction of sp³-hybridized carbons (Fsp3) is 1.00. The van der Waals surface area contributed by atoms with Gasteiger partial charge in [-0.2, -0.15) is 0 Å². The summed E-state index contributed by atoms with van der Waals surface area (Å²) < 4.78 is 13.0. The Hall–Kier alpha value is -0.0700. The lowest BCUT2D eigenvalue weighted by Crippen LogP contribution is -2.01. The zero-order chi connectivity index (χ0) is 6.58. The molecule has 0 N–H and O–H groups in total. The van der Waals surface area contributed by atoms with Crippen molar-refractivity contribution in [2.75, 3.05) is 0 Å². The zero-order valence-electron chi connectivity index (χ0n) is 5.96. The Kier molecular flexibility index (Phi) is 0.828. The van der Waals surface area contributed by atoms with Crippen LogP contribution in [0.4, 0.5) is 4.39 Å². The Morgan fingerprint density at radius 1 is 1.25 bits per heavy atom. The standard InChI is InChI=1S/C7H13F/c1-5-6(2,3)7(5,4)8/h5H,1-4H3. The van der Waals surface area contributed by atoms with E-state index in [2.05, 4.69) is 0 Å². The number of rotatable bonds is 0. The van der Waals surface area contributed by atoms with Gasteiger partial charge in [-0.25, -0.2) is 4.39 Å². The molecule has 0 aromatic heterocycles. The lowest BCUT2D eigenvalue weighted by Gasteiger charge is -2.00. The summed E-state index contributed by atoms with van der Waals surface area (Å²) in [6.45, 7) is 7.58. The average molecular weight is 116 g/mol. The fourth-order valence-electron chi connectivity index (χ4n) is 1.21. The van der Waals surface area contributed by atoms with E-state index in [4.69, 9.17) is 0 Å². The van der Waals surface area contributed by atoms with Gasteiger partial charge in [0.15, 0.2) is 0 Å². The summed E-state index contributed by atoms with van der Waals surface area (Å²) in [4.78, 5) is 0. The average Bonchev–Trinajstić information content (AvgIpc) is 1.88. The third kappa shape index (κ3) is 0.402. The van der Waals surface area contributed by atoms with Crippen molar-refractivity contribution in [2.24, 2.45) is 11.3 Å². The molecule has 8 heavy (non-hydrogen) atoms. The SMILES string of the molecule is CC1C(C)(C)C1(C)F. The first-order valence-electron chi connectivity index (χ1n) is 3.09. The molecule has 0 nitrogen and oxygen atoms in total. The summed E-state index contributed by atoms with van der Waals surface area (Å²) in [6, 6.07) is 0. The summed E-state index contributed by atoms with van der Waals surface area (Å²) >= 11 is 0. The molecule has 1 heteroatoms. The van der Waals surface area contributed by atoms with Crippen LogP contribution in [0.15, 0.2) is 0 Å². The molecule has 0 bridgehead atoms. The molecule has 0 aromatic rings. The Bertz CT molecular complexity index is 99.6. The van der Waals surface area contributed by atoms with Crippen LogP contribution >= 0.6 is 0 Å². The van der Waals surface area contributed by atoms with E-state index in [0.29, 0.717) is 0 Å². The van der Waals surface area contributed by atoms with Gasteiger partial charge in [-0.1, -0.05) is 20.8 Å². The summed E-state index contributed by atoms with van der Waals surface area (Å²) in [5, 5.41) is 0. The van der Waals surface area contributed by atoms with Gasteiger partial charge in [0.25, 0.3) is 0 Å². The van der Waals surface area contributed by atoms with E-state index in [9.17, 15) is 4.39 Å². The first kappa shape index (κ1) is 6.06. The smallest absolute Gasteiger partial charge is 0.116 e. The van der Waals surface area contributed by atoms with Crippen LogP contribution < -0.4 is 0 Å². The van der Waals surface area contributed by atoms with Crippen molar-refractivity contribution in [3.8, 4) is 0 Å². The number of hydrogen-bond acceptors (Lipinski definition) is 0. The zero-order valence-corrected chi connectivity index (χ0v) is 5.96. The molecule has 48 valence electrons. The molecule has 2 unspecified atom stereocenters. The van der Waals surface area contributed by atoms with E-state index in [0.717, 1.165) is 0 Å². The van der Waals surface area contributed by atoms with Gasteiger partial charge < -0.3 is 0 Å². The molecule has 0 amide bonds. The highest BCUT2D eigenvalue weighted by molar-refractivity contribution is 5.14. The van der Waals surface area contributed by atoms with E-state index < -0.39 is 5.67 Å². The Morgan fingerprint density at radius 2 is 1.38 bits per heavy atom. The summed E-state index contributed by atoms with van der Waals surface area (Å²) in [5.41, 5.74) is -0.958. The summed E-state index contributed by atoms with van der Waals surface area (Å²) in [6.07, 6.45) is 0. The van der Waals surface area contributed by atoms with E-state index in [1.807, 2.05) is 20.8 Å². The Labute approximate surface area is 50.1 Å². The van der Waals surface area contributed by atoms with Gasteiger partial charge in [0.05, 0.1) is 0 Å². The van der Waals surface area contributed by atoms with Crippen molar-refractivity contribution in [1.82, 2.24) is 0 Å². The third-order valence-corrected chi connectivity index (χ3v) is 3.07. The molecule has 1 aliphatic rings. The monoisotopic (exact) mass is 116 g/mol. The predicted octanol–water partition coefficient (Wildman–Crippen LogP) is 2.39. The van der Waals surface area contributed by atoms with E-state index in [1.54, 1.807) is 6.92 Å². The van der Waals surface area contributed by atoms with Crippen molar-refractivity contribution in [2.45, 2.75) is 33.4 Å². The molecule has 0 radical (unpaired) electrons. The maximum atomic E-state index is 13.0. The van der Waals surface area contributed by atoms with Crippen LogP contribution in [0.1, 0.15) is 27.7 Å². The van der Waals surface area contributed by atoms with Crippen LogP contribution in [-0.2, 0) is 0 Å². The highest BCUT2D eigenvalue weighted by Gasteiger charge is 2.66. The topological polar surface area (TPSA) is 0 Å². The molecule has 2 atom stereocenters. The maximum Gasteiger partial charge on any atom is 0.116 e. The first-order valence-corrected chi connectivity index (χ1v) is 3.09. The minimum atomic E-state index is -0.896. The van der Waals surface area contributed by atoms with Crippen LogP contribution in [0.2, 0.25) is 0 Å². The maximum absolute atomic E-state index is 13.0. The van der Waals surface area contributed by atoms with Gasteiger partial charge >= 0.3 is 0 Å². The van der Waals surface area contributed by atoms with Crippen LogP contribution in [0.3, 0.4) is 0 Å². The second-order valence-electron chi connectivity index (χ2n) is 3.52. The van der Waals surface area contributed by atoms with E-state index in [1.165, 1.54) is 0 Å². The molecular formula is C7H13F. The number of hydrogen-bond donors (Lipinski definition) is 0. The quantitative estimate of drug-likeness (QED) is 0.456. The van der Waals surface area contributed by atoms with Gasteiger partial charge in [0.2, 0.25) is 0 Å². The second-order valence-corrected chi connectivity index (χ2v) is 3.52. The van der Waals surface area contributed by atoms with Gasteiger partial charge in [0, 0.05) is 5.41 Å². The van der Waals surface area contributed by atoms with E-state index in [-0.39, 0.29) is 11.3 Å². The molecular weight excluding hydrogens is 103 g/mol. The molecule has 0 spiro atoms. The van der Waals surface area contributed by atoms with Gasteiger partial charge in [-0.3, -0.25) is 0 Å². The summed E-state index contributed by atoms with van der Waals surface area (Å²) in [7, 11) is 0. The van der Waals surface area contributed by atoms with Crippen LogP contribution in [-0.4, -0.2) is 5.67 Å². The number of alkyl halides is 1. The number of halogens is 1. The third-order valence-electron chi connectivity index (χ3n) is 3.07. The highest BCUT2D eigenvalue weighted by Crippen LogP contribution is 2.63. The largest absolute Gasteiger partial charge is 0.243 e. The van der Waals surface area contributed by atoms with E-state index >= 15 is 0 Å². The van der Waals surface area contributed by atoms with Crippen LogP contribution in [0.5, 0.6) is 0 Å². The molecule has 1 saturated carbocycles. The molecule has 0 aliphatic heterocycles. The van der Waals surface area contributed by atoms with Gasteiger partial charge in [-0.15, -0.1) is 0 Å². The van der Waals surface area contributed by atoms with Crippen molar-refractivity contribution < 1.29 is 4.39 Å². The molecule has 0 saturated heterocycles. The minimum Gasteiger partial charge on any atom is -0.243 e. The van der Waals surface area contributed by atoms with Crippen molar-refractivity contribution in [3.63, 3.8) is 0 Å². The van der Waals surface area contributed by atoms with Gasteiger partial charge in [0.1, 0.15) is 5.67 Å². The normalized spacial score (nSPS) is 51.4. The molecule has 0 heterocycles. The first-order chi connectivity index (χ1) is 3.40. The molecule has 1 aliphatic carbocycles. The lowest BCUT2D eigenvalue weighted by molar-refractivity contribution is 0.265. The lowest BCUT2D eigenvalue weighted by atomic mass is 10.1. The van der Waals surface area contributed by atoms with Crippen molar-refractivity contribution in [1.29, 1.82) is 0 Å². The predicted molar refractivity (Wildman–Crippen MR) is 32.5 cm³/mol. The molecule has 1 rings (SSSR count). The van der Waals surface area contributed by atoms with Crippen LogP contribution in [0.25, 0.3) is 0 Å². The minimum absolute atomic E-state index is 0.0625. The Morgan fingerprint density at radius 3 is 1.38 bits per heavy atom.